The standard InChI is InChI=1S/C23H26N8O2/c1-5-17(32)15-11-25-18(27-23(33)13-6-7-13)10-16(15)26-22-21-14(8-9-24-22)20-19(12(2)30(21)3)28-31(4)29-20/h8-13H,5-7H2,1-4H3,(H2,24,25,26,27,33)/t12-/m0/s1. The molecule has 0 unspecified atom stereocenters. The number of nitrogens with one attached hydrogen (secondary N) is 2. The molecular weight excluding hydrogens is 420 g/mol. The van der Waals surface area contributed by atoms with Gasteiger partial charge in [0, 0.05) is 50.5 Å². The molecule has 10 heteroatoms. The summed E-state index contributed by atoms with van der Waals surface area (Å²) in [7, 11) is 3.79. The summed E-state index contributed by atoms with van der Waals surface area (Å²) in [5.41, 5.74) is 4.51. The van der Waals surface area contributed by atoms with E-state index < -0.39 is 0 Å². The average molecular weight is 447 g/mol. The maximum absolute atomic E-state index is 12.6. The number of Topliss-reactive ketones (excluding diaryl/α,β-unsaturated/α-hetero) is 1. The van der Waals surface area contributed by atoms with Gasteiger partial charge >= 0.3 is 0 Å². The van der Waals surface area contributed by atoms with Gasteiger partial charge in [-0.1, -0.05) is 6.92 Å². The third-order valence-corrected chi connectivity index (χ3v) is 6.23. The summed E-state index contributed by atoms with van der Waals surface area (Å²) in [5.74, 6) is 0.966. The van der Waals surface area contributed by atoms with E-state index in [0.29, 0.717) is 29.3 Å². The van der Waals surface area contributed by atoms with E-state index in [-0.39, 0.29) is 23.7 Å². The summed E-state index contributed by atoms with van der Waals surface area (Å²) in [6, 6.07) is 3.61. The molecule has 2 N–H and O–H groups in total. The molecule has 10 nitrogen and oxygen atoms in total. The second-order valence-corrected chi connectivity index (χ2v) is 8.55. The smallest absolute Gasteiger partial charge is 0.228 e. The van der Waals surface area contributed by atoms with E-state index in [9.17, 15) is 9.59 Å². The molecule has 1 aliphatic carbocycles. The maximum atomic E-state index is 12.6. The van der Waals surface area contributed by atoms with Crippen LogP contribution in [0, 0.1) is 5.92 Å². The molecule has 0 aromatic carbocycles. The maximum Gasteiger partial charge on any atom is 0.228 e. The lowest BCUT2D eigenvalue weighted by atomic mass is 9.98. The zero-order chi connectivity index (χ0) is 23.3. The van der Waals surface area contributed by atoms with Gasteiger partial charge in [-0.2, -0.15) is 15.0 Å². The lowest BCUT2D eigenvalue weighted by molar-refractivity contribution is -0.117. The van der Waals surface area contributed by atoms with Gasteiger partial charge in [-0.25, -0.2) is 9.97 Å². The van der Waals surface area contributed by atoms with E-state index in [0.717, 1.165) is 35.5 Å². The molecule has 1 atom stereocenters. The fraction of sp³-hybridized carbons (Fsp3) is 0.391. The van der Waals surface area contributed by atoms with Crippen molar-refractivity contribution in [3.63, 3.8) is 0 Å². The molecule has 0 radical (unpaired) electrons. The van der Waals surface area contributed by atoms with Crippen LogP contribution in [0.5, 0.6) is 0 Å². The number of nitrogens with zero attached hydrogens (tertiary/aromatic N) is 6. The van der Waals surface area contributed by atoms with Gasteiger partial charge in [0.1, 0.15) is 17.2 Å². The molecule has 1 aliphatic heterocycles. The minimum absolute atomic E-state index is 0.00600. The summed E-state index contributed by atoms with van der Waals surface area (Å²) in [6.07, 6.45) is 5.36. The zero-order valence-electron chi connectivity index (χ0n) is 19.1. The fourth-order valence-corrected chi connectivity index (χ4v) is 4.11. The van der Waals surface area contributed by atoms with E-state index in [1.807, 2.05) is 27.1 Å². The van der Waals surface area contributed by atoms with E-state index >= 15 is 0 Å². The van der Waals surface area contributed by atoms with Crippen LogP contribution in [0.4, 0.5) is 23.0 Å². The Labute approximate surface area is 191 Å². The number of hydrogen-bond acceptors (Lipinski definition) is 8. The zero-order valence-corrected chi connectivity index (χ0v) is 19.1. The van der Waals surface area contributed by atoms with E-state index in [2.05, 4.69) is 42.6 Å². The number of ketones is 1. The molecule has 5 rings (SSSR count). The highest BCUT2D eigenvalue weighted by atomic mass is 16.2. The summed E-state index contributed by atoms with van der Waals surface area (Å²) >= 11 is 0. The van der Waals surface area contributed by atoms with Crippen LogP contribution in [0.1, 0.15) is 55.2 Å². The van der Waals surface area contributed by atoms with Crippen molar-refractivity contribution in [3.8, 4) is 11.3 Å². The second-order valence-electron chi connectivity index (χ2n) is 8.55. The number of hydrogen-bond donors (Lipinski definition) is 2. The predicted octanol–water partition coefficient (Wildman–Crippen LogP) is 3.47. The number of pyridine rings is 2. The Morgan fingerprint density at radius 3 is 2.70 bits per heavy atom. The van der Waals surface area contributed by atoms with E-state index in [1.54, 1.807) is 17.1 Å². The van der Waals surface area contributed by atoms with Crippen molar-refractivity contribution in [2.45, 2.75) is 39.2 Å². The molecule has 4 heterocycles. The largest absolute Gasteiger partial charge is 0.363 e. The first-order valence-corrected chi connectivity index (χ1v) is 11.1. The van der Waals surface area contributed by atoms with Crippen molar-refractivity contribution >= 4 is 34.7 Å². The molecule has 1 fully saturated rings. The first-order chi connectivity index (χ1) is 15.9. The molecule has 0 bridgehead atoms. The van der Waals surface area contributed by atoms with Crippen molar-refractivity contribution < 1.29 is 9.59 Å². The Hall–Kier alpha value is -3.82. The lowest BCUT2D eigenvalue weighted by Crippen LogP contribution is -2.27. The number of amides is 1. The van der Waals surface area contributed by atoms with Gasteiger partial charge in [0.15, 0.2) is 11.6 Å². The normalized spacial score (nSPS) is 16.7. The van der Waals surface area contributed by atoms with Crippen molar-refractivity contribution in [1.82, 2.24) is 25.0 Å². The van der Waals surface area contributed by atoms with Gasteiger partial charge < -0.3 is 15.5 Å². The number of fused-ring (bicyclic) bond motifs is 3. The van der Waals surface area contributed by atoms with Crippen LogP contribution in [0.2, 0.25) is 0 Å². The number of rotatable bonds is 6. The van der Waals surface area contributed by atoms with Crippen molar-refractivity contribution in [3.05, 3.63) is 35.8 Å². The predicted molar refractivity (Wildman–Crippen MR) is 125 cm³/mol. The highest BCUT2D eigenvalue weighted by Gasteiger charge is 2.33. The lowest BCUT2D eigenvalue weighted by Gasteiger charge is -2.33. The molecular formula is C23H26N8O2. The van der Waals surface area contributed by atoms with Crippen molar-refractivity contribution in [2.75, 3.05) is 22.6 Å². The van der Waals surface area contributed by atoms with Gasteiger partial charge in [-0.3, -0.25) is 9.59 Å². The number of carbonyl (C=O) groups excluding carboxylic acids is 2. The van der Waals surface area contributed by atoms with Gasteiger partial charge in [-0.05, 0) is 25.8 Å². The van der Waals surface area contributed by atoms with Crippen LogP contribution in [-0.2, 0) is 11.8 Å². The Kier molecular flexibility index (Phi) is 5.07. The number of carbonyl (C=O) groups is 2. The number of aryl methyl sites for hydroxylation is 1. The van der Waals surface area contributed by atoms with Crippen LogP contribution in [0.3, 0.4) is 0 Å². The Balaban J connectivity index is 1.57. The summed E-state index contributed by atoms with van der Waals surface area (Å²) < 4.78 is 0. The SMILES string of the molecule is CCC(=O)c1cnc(NC(=O)C2CC2)cc1Nc1nccc2c1N(C)[C@@H](C)c1nn(C)nc1-2. The minimum atomic E-state index is -0.0483. The first-order valence-electron chi connectivity index (χ1n) is 11.1. The minimum Gasteiger partial charge on any atom is -0.363 e. The monoisotopic (exact) mass is 446 g/mol. The first kappa shape index (κ1) is 21.0. The van der Waals surface area contributed by atoms with Crippen LogP contribution >= 0.6 is 0 Å². The Morgan fingerprint density at radius 1 is 1.18 bits per heavy atom. The van der Waals surface area contributed by atoms with Gasteiger partial charge in [0.2, 0.25) is 5.91 Å². The molecule has 0 spiro atoms. The van der Waals surface area contributed by atoms with Crippen LogP contribution in [0.15, 0.2) is 24.5 Å². The third kappa shape index (κ3) is 3.71. The summed E-state index contributed by atoms with van der Waals surface area (Å²) in [5, 5.41) is 15.3. The van der Waals surface area contributed by atoms with Crippen molar-refractivity contribution in [2.24, 2.45) is 13.0 Å². The number of anilines is 4. The fourth-order valence-electron chi connectivity index (χ4n) is 4.11. The molecule has 2 aliphatic rings. The van der Waals surface area contributed by atoms with Crippen LogP contribution in [0.25, 0.3) is 11.3 Å². The number of aromatic nitrogens is 5. The highest BCUT2D eigenvalue weighted by molar-refractivity contribution is 6.03. The summed E-state index contributed by atoms with van der Waals surface area (Å²) in [6.45, 7) is 3.87. The summed E-state index contributed by atoms with van der Waals surface area (Å²) in [4.78, 5) is 37.4. The van der Waals surface area contributed by atoms with Gasteiger partial charge in [0.25, 0.3) is 0 Å². The molecule has 170 valence electrons. The van der Waals surface area contributed by atoms with E-state index in [1.165, 1.54) is 6.20 Å². The quantitative estimate of drug-likeness (QED) is 0.553. The van der Waals surface area contributed by atoms with Gasteiger partial charge in [-0.15, -0.1) is 0 Å². The second kappa shape index (κ2) is 7.95. The van der Waals surface area contributed by atoms with Crippen LogP contribution < -0.4 is 15.5 Å². The Bertz CT molecular complexity index is 1260. The Morgan fingerprint density at radius 2 is 1.97 bits per heavy atom. The van der Waals surface area contributed by atoms with Crippen molar-refractivity contribution in [1.29, 1.82) is 0 Å². The highest BCUT2D eigenvalue weighted by Crippen LogP contribution is 2.45. The average Bonchev–Trinajstić information content (AvgIpc) is 3.58. The molecule has 0 saturated heterocycles. The molecule has 33 heavy (non-hydrogen) atoms. The molecule has 1 amide bonds. The van der Waals surface area contributed by atoms with Gasteiger partial charge in [0.05, 0.1) is 23.0 Å². The molecule has 3 aromatic rings. The topological polar surface area (TPSA) is 118 Å². The van der Waals surface area contributed by atoms with E-state index in [4.69, 9.17) is 0 Å². The molecule has 1 saturated carbocycles. The molecule has 3 aromatic heterocycles. The third-order valence-electron chi connectivity index (χ3n) is 6.23. The van der Waals surface area contributed by atoms with Crippen LogP contribution in [-0.4, -0.2) is 43.7 Å².